The van der Waals surface area contributed by atoms with E-state index < -0.39 is 5.54 Å². The number of piperazine rings is 1. The molecule has 7 nitrogen and oxygen atoms in total. The summed E-state index contributed by atoms with van der Waals surface area (Å²) in [5.41, 5.74) is 1.44. The Hall–Kier alpha value is -3.84. The van der Waals surface area contributed by atoms with E-state index in [2.05, 4.69) is 27.2 Å². The van der Waals surface area contributed by atoms with Gasteiger partial charge in [0.25, 0.3) is 5.91 Å². The molecular formula is C27H28N4O3. The number of urea groups is 1. The summed E-state index contributed by atoms with van der Waals surface area (Å²) in [5, 5.41) is 3.02. The van der Waals surface area contributed by atoms with Crippen molar-refractivity contribution < 1.29 is 14.3 Å². The molecule has 3 aromatic rings. The quantitative estimate of drug-likeness (QED) is 0.577. The minimum absolute atomic E-state index is 0.243. The molecule has 5 rings (SSSR count). The van der Waals surface area contributed by atoms with E-state index in [4.69, 9.17) is 4.74 Å². The van der Waals surface area contributed by atoms with Gasteiger partial charge in [0.05, 0.1) is 13.8 Å². The summed E-state index contributed by atoms with van der Waals surface area (Å²) in [6.45, 7) is 3.42. The maximum atomic E-state index is 13.9. The molecule has 3 aromatic carbocycles. The van der Waals surface area contributed by atoms with Crippen molar-refractivity contribution in [1.29, 1.82) is 0 Å². The molecule has 0 aliphatic carbocycles. The average Bonchev–Trinajstić information content (AvgIpc) is 3.16. The van der Waals surface area contributed by atoms with Crippen LogP contribution in [0.15, 0.2) is 84.9 Å². The van der Waals surface area contributed by atoms with Gasteiger partial charge in [0.2, 0.25) is 0 Å². The molecule has 2 aliphatic heterocycles. The molecule has 7 heteroatoms. The zero-order valence-electron chi connectivity index (χ0n) is 19.2. The molecule has 2 fully saturated rings. The van der Waals surface area contributed by atoms with Gasteiger partial charge >= 0.3 is 6.03 Å². The van der Waals surface area contributed by atoms with Crippen molar-refractivity contribution in [3.8, 4) is 5.75 Å². The lowest BCUT2D eigenvalue weighted by Gasteiger charge is -2.37. The van der Waals surface area contributed by atoms with Gasteiger partial charge in [-0.1, -0.05) is 60.7 Å². The lowest BCUT2D eigenvalue weighted by Crippen LogP contribution is -2.52. The molecule has 0 radical (unpaired) electrons. The van der Waals surface area contributed by atoms with Crippen LogP contribution in [0.3, 0.4) is 0 Å². The molecular weight excluding hydrogens is 428 g/mol. The van der Waals surface area contributed by atoms with Crippen molar-refractivity contribution in [3.63, 3.8) is 0 Å². The molecule has 3 amide bonds. The number of carbonyl (C=O) groups is 2. The van der Waals surface area contributed by atoms with E-state index in [1.807, 2.05) is 72.8 Å². The number of imide groups is 1. The van der Waals surface area contributed by atoms with Gasteiger partial charge in [-0.25, -0.2) is 9.69 Å². The molecule has 1 N–H and O–H groups in total. The van der Waals surface area contributed by atoms with Crippen molar-refractivity contribution in [2.45, 2.75) is 5.54 Å². The number of benzene rings is 3. The molecule has 0 spiro atoms. The molecule has 2 saturated heterocycles. The second-order valence-corrected chi connectivity index (χ2v) is 8.59. The highest BCUT2D eigenvalue weighted by molar-refractivity contribution is 6.09. The van der Waals surface area contributed by atoms with Crippen LogP contribution < -0.4 is 15.0 Å². The summed E-state index contributed by atoms with van der Waals surface area (Å²) < 4.78 is 5.25. The topological polar surface area (TPSA) is 65.1 Å². The Morgan fingerprint density at radius 1 is 0.794 bits per heavy atom. The molecule has 2 heterocycles. The lowest BCUT2D eigenvalue weighted by molar-refractivity contribution is -0.131. The van der Waals surface area contributed by atoms with Crippen LogP contribution in [0.5, 0.6) is 5.75 Å². The number of carbonyl (C=O) groups excluding carboxylic acids is 2. The molecule has 0 atom stereocenters. The van der Waals surface area contributed by atoms with Gasteiger partial charge in [-0.15, -0.1) is 0 Å². The predicted octanol–water partition coefficient (Wildman–Crippen LogP) is 3.27. The number of nitrogens with zero attached hydrogens (tertiary/aromatic N) is 3. The monoisotopic (exact) mass is 456 g/mol. The van der Waals surface area contributed by atoms with Crippen molar-refractivity contribution in [3.05, 3.63) is 96.1 Å². The summed E-state index contributed by atoms with van der Waals surface area (Å²) in [4.78, 5) is 32.8. The summed E-state index contributed by atoms with van der Waals surface area (Å²) in [5.74, 6) is 0.591. The smallest absolute Gasteiger partial charge is 0.326 e. The Morgan fingerprint density at radius 2 is 1.35 bits per heavy atom. The highest BCUT2D eigenvalue weighted by Crippen LogP contribution is 2.36. The van der Waals surface area contributed by atoms with Crippen LogP contribution in [0.25, 0.3) is 0 Å². The fourth-order valence-corrected chi connectivity index (χ4v) is 4.78. The van der Waals surface area contributed by atoms with Gasteiger partial charge in [0.15, 0.2) is 5.54 Å². The van der Waals surface area contributed by atoms with Crippen LogP contribution in [0.4, 0.5) is 10.5 Å². The number of nitrogens with one attached hydrogen (secondary N) is 1. The van der Waals surface area contributed by atoms with E-state index in [-0.39, 0.29) is 18.6 Å². The number of hydrogen-bond acceptors (Lipinski definition) is 5. The van der Waals surface area contributed by atoms with Crippen molar-refractivity contribution in [2.24, 2.45) is 0 Å². The largest absolute Gasteiger partial charge is 0.497 e. The van der Waals surface area contributed by atoms with Crippen molar-refractivity contribution in [2.75, 3.05) is 44.9 Å². The second kappa shape index (κ2) is 9.19. The fourth-order valence-electron chi connectivity index (χ4n) is 4.78. The van der Waals surface area contributed by atoms with Crippen molar-refractivity contribution >= 4 is 17.6 Å². The Balaban J connectivity index is 1.32. The van der Waals surface area contributed by atoms with Gasteiger partial charge < -0.3 is 15.0 Å². The summed E-state index contributed by atoms with van der Waals surface area (Å²) in [6.07, 6.45) is 0. The van der Waals surface area contributed by atoms with Crippen LogP contribution in [-0.2, 0) is 10.3 Å². The molecule has 34 heavy (non-hydrogen) atoms. The fraction of sp³-hybridized carbons (Fsp3) is 0.259. The van der Waals surface area contributed by atoms with Gasteiger partial charge in [0.1, 0.15) is 5.75 Å². The van der Waals surface area contributed by atoms with E-state index in [1.54, 1.807) is 7.11 Å². The van der Waals surface area contributed by atoms with E-state index in [1.165, 1.54) is 4.90 Å². The number of ether oxygens (including phenoxy) is 1. The Labute approximate surface area is 199 Å². The van der Waals surface area contributed by atoms with Gasteiger partial charge in [-0.3, -0.25) is 9.69 Å². The molecule has 174 valence electrons. The van der Waals surface area contributed by atoms with Gasteiger partial charge in [-0.05, 0) is 35.4 Å². The van der Waals surface area contributed by atoms with E-state index in [9.17, 15) is 9.59 Å². The third-order valence-electron chi connectivity index (χ3n) is 6.67. The normalized spacial score (nSPS) is 18.1. The van der Waals surface area contributed by atoms with Crippen LogP contribution in [0.1, 0.15) is 11.1 Å². The Kier molecular flexibility index (Phi) is 5.94. The third kappa shape index (κ3) is 3.88. The zero-order chi connectivity index (χ0) is 23.5. The van der Waals surface area contributed by atoms with Gasteiger partial charge in [-0.2, -0.15) is 0 Å². The summed E-state index contributed by atoms with van der Waals surface area (Å²) in [7, 11) is 1.66. The van der Waals surface area contributed by atoms with Crippen LogP contribution in [0, 0.1) is 0 Å². The van der Waals surface area contributed by atoms with E-state index >= 15 is 0 Å². The van der Waals surface area contributed by atoms with Crippen LogP contribution >= 0.6 is 0 Å². The minimum atomic E-state index is -1.22. The zero-order valence-corrected chi connectivity index (χ0v) is 19.2. The number of anilines is 1. The Bertz CT molecular complexity index is 1100. The maximum Gasteiger partial charge on any atom is 0.326 e. The maximum absolute atomic E-state index is 13.9. The SMILES string of the molecule is COc1ccc(N2CCN(CN3C(=O)NC(c4ccccc4)(c4ccccc4)C3=O)CC2)cc1. The number of hydrogen-bond donors (Lipinski definition) is 1. The first kappa shape index (κ1) is 22.0. The second-order valence-electron chi connectivity index (χ2n) is 8.59. The first-order valence-electron chi connectivity index (χ1n) is 11.5. The highest BCUT2D eigenvalue weighted by Gasteiger charge is 2.53. The number of rotatable bonds is 6. The molecule has 0 bridgehead atoms. The van der Waals surface area contributed by atoms with Gasteiger partial charge in [0, 0.05) is 31.9 Å². The van der Waals surface area contributed by atoms with Crippen molar-refractivity contribution in [1.82, 2.24) is 15.1 Å². The summed E-state index contributed by atoms with van der Waals surface area (Å²) in [6, 6.07) is 26.6. The number of amides is 3. The Morgan fingerprint density at radius 3 is 1.88 bits per heavy atom. The molecule has 2 aliphatic rings. The first-order chi connectivity index (χ1) is 16.6. The number of methoxy groups -OCH3 is 1. The average molecular weight is 457 g/mol. The van der Waals surface area contributed by atoms with Crippen LogP contribution in [0.2, 0.25) is 0 Å². The standard InChI is InChI=1S/C27H28N4O3/c1-34-24-14-12-23(13-15-24)30-18-16-29(17-19-30)20-31-25(32)27(28-26(31)33,21-8-4-2-5-9-21)22-10-6-3-7-11-22/h2-15H,16-20H2,1H3,(H,28,33). The lowest BCUT2D eigenvalue weighted by atomic mass is 9.83. The van der Waals surface area contributed by atoms with Crippen LogP contribution in [-0.4, -0.2) is 61.7 Å². The predicted molar refractivity (Wildman–Crippen MR) is 131 cm³/mol. The molecule has 0 saturated carbocycles. The van der Waals surface area contributed by atoms with E-state index in [0.29, 0.717) is 0 Å². The summed E-state index contributed by atoms with van der Waals surface area (Å²) >= 11 is 0. The highest BCUT2D eigenvalue weighted by atomic mass is 16.5. The third-order valence-corrected chi connectivity index (χ3v) is 6.67. The molecule has 0 unspecified atom stereocenters. The molecule has 0 aromatic heterocycles. The first-order valence-corrected chi connectivity index (χ1v) is 11.5. The van der Waals surface area contributed by atoms with E-state index in [0.717, 1.165) is 48.7 Å². The minimum Gasteiger partial charge on any atom is -0.497 e.